The van der Waals surface area contributed by atoms with Crippen LogP contribution in [0.25, 0.3) is 0 Å². The molecule has 0 aliphatic rings. The number of hydrogen-bond acceptors (Lipinski definition) is 4. The van der Waals surface area contributed by atoms with Crippen molar-refractivity contribution in [1.29, 1.82) is 0 Å². The summed E-state index contributed by atoms with van der Waals surface area (Å²) in [5, 5.41) is 0. The lowest BCUT2D eigenvalue weighted by atomic mass is 10.2. The summed E-state index contributed by atoms with van der Waals surface area (Å²) in [6.07, 6.45) is 1.39. The normalized spacial score (nSPS) is 9.90. The van der Waals surface area contributed by atoms with Gasteiger partial charge in [0.2, 0.25) is 0 Å². The molecule has 0 radical (unpaired) electrons. The van der Waals surface area contributed by atoms with Crippen LogP contribution in [0.5, 0.6) is 0 Å². The molecular weight excluding hydrogens is 258 g/mol. The number of amides is 2. The second-order valence-corrected chi connectivity index (χ2v) is 4.33. The van der Waals surface area contributed by atoms with Crippen LogP contribution in [0.4, 0.5) is 5.69 Å². The van der Waals surface area contributed by atoms with E-state index in [-0.39, 0.29) is 5.76 Å². The highest BCUT2D eigenvalue weighted by molar-refractivity contribution is 5.98. The highest BCUT2D eigenvalue weighted by atomic mass is 16.3. The van der Waals surface area contributed by atoms with Crippen molar-refractivity contribution in [2.24, 2.45) is 0 Å². The van der Waals surface area contributed by atoms with Crippen molar-refractivity contribution in [1.82, 2.24) is 10.9 Å². The Morgan fingerprint density at radius 2 is 1.80 bits per heavy atom. The highest BCUT2D eigenvalue weighted by Crippen LogP contribution is 2.13. The maximum atomic E-state index is 11.9. The number of benzene rings is 1. The van der Waals surface area contributed by atoms with Crippen molar-refractivity contribution in [2.45, 2.75) is 0 Å². The van der Waals surface area contributed by atoms with Crippen molar-refractivity contribution >= 4 is 17.5 Å². The van der Waals surface area contributed by atoms with Gasteiger partial charge >= 0.3 is 5.91 Å². The molecule has 6 heteroatoms. The topological polar surface area (TPSA) is 74.6 Å². The second kappa shape index (κ2) is 5.92. The molecule has 0 saturated heterocycles. The number of carbonyl (C=O) groups is 2. The summed E-state index contributed by atoms with van der Waals surface area (Å²) in [6, 6.07) is 10.2. The van der Waals surface area contributed by atoms with Gasteiger partial charge in [-0.25, -0.2) is 0 Å². The fraction of sp³-hybridized carbons (Fsp3) is 0.143. The van der Waals surface area contributed by atoms with E-state index in [0.29, 0.717) is 5.56 Å². The quantitative estimate of drug-likeness (QED) is 0.829. The van der Waals surface area contributed by atoms with Crippen LogP contribution in [0, 0.1) is 0 Å². The van der Waals surface area contributed by atoms with Crippen LogP contribution in [-0.4, -0.2) is 25.9 Å². The van der Waals surface area contributed by atoms with Gasteiger partial charge < -0.3 is 9.32 Å². The minimum atomic E-state index is -0.507. The SMILES string of the molecule is CN(C)c1cccc(C(=O)NNC(=O)c2ccco2)c1. The Hall–Kier alpha value is -2.76. The first kappa shape index (κ1) is 13.7. The van der Waals surface area contributed by atoms with Gasteiger partial charge in [-0.05, 0) is 30.3 Å². The Labute approximate surface area is 116 Å². The third kappa shape index (κ3) is 3.17. The van der Waals surface area contributed by atoms with Gasteiger partial charge in [-0.15, -0.1) is 0 Å². The molecule has 104 valence electrons. The molecule has 1 aromatic heterocycles. The average molecular weight is 273 g/mol. The third-order valence-electron chi connectivity index (χ3n) is 2.66. The molecule has 0 fully saturated rings. The zero-order chi connectivity index (χ0) is 14.5. The van der Waals surface area contributed by atoms with Gasteiger partial charge in [-0.3, -0.25) is 20.4 Å². The number of furan rings is 1. The molecule has 0 bridgehead atoms. The van der Waals surface area contributed by atoms with Crippen molar-refractivity contribution in [3.63, 3.8) is 0 Å². The number of rotatable bonds is 3. The molecule has 2 amide bonds. The molecule has 1 heterocycles. The predicted octanol–water partition coefficient (Wildman–Crippen LogP) is 1.42. The number of anilines is 1. The van der Waals surface area contributed by atoms with E-state index >= 15 is 0 Å². The van der Waals surface area contributed by atoms with Gasteiger partial charge in [-0.2, -0.15) is 0 Å². The lowest BCUT2D eigenvalue weighted by Crippen LogP contribution is -2.41. The number of nitrogens with one attached hydrogen (secondary N) is 2. The summed E-state index contributed by atoms with van der Waals surface area (Å²) in [6.45, 7) is 0. The van der Waals surface area contributed by atoms with E-state index in [1.54, 1.807) is 24.3 Å². The molecule has 20 heavy (non-hydrogen) atoms. The standard InChI is InChI=1S/C14H15N3O3/c1-17(2)11-6-3-5-10(9-11)13(18)15-16-14(19)12-7-4-8-20-12/h3-9H,1-2H3,(H,15,18)(H,16,19). The van der Waals surface area contributed by atoms with Crippen LogP contribution in [0.3, 0.4) is 0 Å². The molecule has 2 aromatic rings. The van der Waals surface area contributed by atoms with E-state index in [0.717, 1.165) is 5.69 Å². The maximum absolute atomic E-state index is 11.9. The first-order valence-electron chi connectivity index (χ1n) is 5.99. The van der Waals surface area contributed by atoms with E-state index in [9.17, 15) is 9.59 Å². The smallest absolute Gasteiger partial charge is 0.305 e. The monoisotopic (exact) mass is 273 g/mol. The van der Waals surface area contributed by atoms with Crippen LogP contribution >= 0.6 is 0 Å². The maximum Gasteiger partial charge on any atom is 0.305 e. The second-order valence-electron chi connectivity index (χ2n) is 4.33. The first-order valence-corrected chi connectivity index (χ1v) is 5.99. The molecule has 2 N–H and O–H groups in total. The summed E-state index contributed by atoms with van der Waals surface area (Å²) in [7, 11) is 3.77. The minimum absolute atomic E-state index is 0.132. The van der Waals surface area contributed by atoms with Gasteiger partial charge in [-0.1, -0.05) is 6.07 Å². The van der Waals surface area contributed by atoms with Crippen LogP contribution in [0.15, 0.2) is 47.1 Å². The Balaban J connectivity index is 1.98. The third-order valence-corrected chi connectivity index (χ3v) is 2.66. The zero-order valence-corrected chi connectivity index (χ0v) is 11.2. The Bertz CT molecular complexity index is 606. The fourth-order valence-corrected chi connectivity index (χ4v) is 1.58. The van der Waals surface area contributed by atoms with Crippen LogP contribution in [0.1, 0.15) is 20.9 Å². The van der Waals surface area contributed by atoms with Gasteiger partial charge in [0.25, 0.3) is 5.91 Å². The van der Waals surface area contributed by atoms with E-state index in [2.05, 4.69) is 10.9 Å². The first-order chi connectivity index (χ1) is 9.58. The molecule has 0 spiro atoms. The zero-order valence-electron chi connectivity index (χ0n) is 11.2. The van der Waals surface area contributed by atoms with E-state index < -0.39 is 11.8 Å². The van der Waals surface area contributed by atoms with E-state index in [1.807, 2.05) is 25.1 Å². The summed E-state index contributed by atoms with van der Waals surface area (Å²) in [5.74, 6) is -0.770. The summed E-state index contributed by atoms with van der Waals surface area (Å²) >= 11 is 0. The van der Waals surface area contributed by atoms with Crippen LogP contribution in [-0.2, 0) is 0 Å². The Morgan fingerprint density at radius 3 is 2.45 bits per heavy atom. The molecule has 0 saturated carbocycles. The van der Waals surface area contributed by atoms with E-state index in [1.165, 1.54) is 12.3 Å². The van der Waals surface area contributed by atoms with Crippen molar-refractivity contribution in [2.75, 3.05) is 19.0 Å². The molecule has 6 nitrogen and oxygen atoms in total. The molecule has 0 aliphatic heterocycles. The molecular formula is C14H15N3O3. The summed E-state index contributed by atoms with van der Waals surface area (Å²) in [5.41, 5.74) is 5.98. The van der Waals surface area contributed by atoms with Gasteiger partial charge in [0, 0.05) is 25.3 Å². The van der Waals surface area contributed by atoms with E-state index in [4.69, 9.17) is 4.42 Å². The lowest BCUT2D eigenvalue weighted by Gasteiger charge is -2.13. The van der Waals surface area contributed by atoms with Crippen LogP contribution < -0.4 is 15.8 Å². The minimum Gasteiger partial charge on any atom is -0.459 e. The molecule has 1 aromatic carbocycles. The molecule has 0 aliphatic carbocycles. The average Bonchev–Trinajstić information content (AvgIpc) is 2.98. The van der Waals surface area contributed by atoms with Gasteiger partial charge in [0.15, 0.2) is 5.76 Å². The van der Waals surface area contributed by atoms with Crippen molar-refractivity contribution < 1.29 is 14.0 Å². The number of hydrogen-bond donors (Lipinski definition) is 2. The Morgan fingerprint density at radius 1 is 1.05 bits per heavy atom. The summed E-state index contributed by atoms with van der Waals surface area (Å²) in [4.78, 5) is 25.4. The Kier molecular flexibility index (Phi) is 4.05. The predicted molar refractivity (Wildman–Crippen MR) is 74.4 cm³/mol. The number of hydrazine groups is 1. The number of carbonyl (C=O) groups excluding carboxylic acids is 2. The van der Waals surface area contributed by atoms with Gasteiger partial charge in [0.1, 0.15) is 0 Å². The highest BCUT2D eigenvalue weighted by Gasteiger charge is 2.11. The van der Waals surface area contributed by atoms with Gasteiger partial charge in [0.05, 0.1) is 6.26 Å². The largest absolute Gasteiger partial charge is 0.459 e. The lowest BCUT2D eigenvalue weighted by molar-refractivity contribution is 0.0831. The number of nitrogens with zero attached hydrogens (tertiary/aromatic N) is 1. The van der Waals surface area contributed by atoms with Crippen molar-refractivity contribution in [3.8, 4) is 0 Å². The van der Waals surface area contributed by atoms with Crippen LogP contribution in [0.2, 0.25) is 0 Å². The molecule has 2 rings (SSSR count). The fourth-order valence-electron chi connectivity index (χ4n) is 1.58. The molecule has 0 atom stereocenters. The van der Waals surface area contributed by atoms with Crippen molar-refractivity contribution in [3.05, 3.63) is 54.0 Å². The molecule has 0 unspecified atom stereocenters. The summed E-state index contributed by atoms with van der Waals surface area (Å²) < 4.78 is 4.91.